The van der Waals surface area contributed by atoms with Crippen LogP contribution >= 0.6 is 0 Å². The Morgan fingerprint density at radius 1 is 1.26 bits per heavy atom. The van der Waals surface area contributed by atoms with E-state index in [0.717, 1.165) is 64.3 Å². The Morgan fingerprint density at radius 2 is 2.09 bits per heavy atom. The molecule has 0 saturated carbocycles. The van der Waals surface area contributed by atoms with Crippen LogP contribution in [-0.2, 0) is 4.74 Å². The number of aliphatic imine (C=N–C) groups is 1. The summed E-state index contributed by atoms with van der Waals surface area (Å²) in [5, 5.41) is 6.79. The first kappa shape index (κ1) is 16.1. The van der Waals surface area contributed by atoms with Crippen LogP contribution in [-0.4, -0.2) is 70.5 Å². The van der Waals surface area contributed by atoms with Crippen LogP contribution in [0.3, 0.4) is 0 Å². The molecule has 1 saturated heterocycles. The SMILES string of the molecule is CN=C(NCCN1CCOCC1)NCC1COc2ccccc21. The number of guanidine groups is 1. The molecule has 6 heteroatoms. The van der Waals surface area contributed by atoms with E-state index in [4.69, 9.17) is 9.47 Å². The largest absolute Gasteiger partial charge is 0.493 e. The highest BCUT2D eigenvalue weighted by molar-refractivity contribution is 5.79. The van der Waals surface area contributed by atoms with E-state index in [-0.39, 0.29) is 0 Å². The number of benzene rings is 1. The van der Waals surface area contributed by atoms with Gasteiger partial charge in [-0.15, -0.1) is 0 Å². The minimum Gasteiger partial charge on any atom is -0.493 e. The van der Waals surface area contributed by atoms with E-state index < -0.39 is 0 Å². The summed E-state index contributed by atoms with van der Waals surface area (Å²) in [5.74, 6) is 2.24. The van der Waals surface area contributed by atoms with Gasteiger partial charge in [0, 0.05) is 51.3 Å². The first-order valence-corrected chi connectivity index (χ1v) is 8.33. The lowest BCUT2D eigenvalue weighted by molar-refractivity contribution is 0.0389. The molecule has 1 aromatic carbocycles. The van der Waals surface area contributed by atoms with Crippen LogP contribution < -0.4 is 15.4 Å². The van der Waals surface area contributed by atoms with Gasteiger partial charge in [0.15, 0.2) is 5.96 Å². The smallest absolute Gasteiger partial charge is 0.191 e. The van der Waals surface area contributed by atoms with Gasteiger partial charge in [-0.3, -0.25) is 9.89 Å². The molecule has 2 heterocycles. The number of para-hydroxylation sites is 1. The van der Waals surface area contributed by atoms with Crippen LogP contribution in [0.15, 0.2) is 29.3 Å². The van der Waals surface area contributed by atoms with Crippen LogP contribution in [0.1, 0.15) is 11.5 Å². The monoisotopic (exact) mass is 318 g/mol. The van der Waals surface area contributed by atoms with E-state index in [9.17, 15) is 0 Å². The minimum absolute atomic E-state index is 0.379. The third-order valence-corrected chi connectivity index (χ3v) is 4.36. The quantitative estimate of drug-likeness (QED) is 0.617. The first-order chi connectivity index (χ1) is 11.4. The second-order valence-corrected chi connectivity index (χ2v) is 5.88. The molecule has 1 aromatic rings. The molecule has 3 rings (SSSR count). The molecule has 126 valence electrons. The summed E-state index contributed by atoms with van der Waals surface area (Å²) < 4.78 is 11.1. The van der Waals surface area contributed by atoms with Crippen molar-refractivity contribution in [1.29, 1.82) is 0 Å². The van der Waals surface area contributed by atoms with Crippen LogP contribution in [0.5, 0.6) is 5.75 Å². The van der Waals surface area contributed by atoms with Crippen molar-refractivity contribution in [2.24, 2.45) is 4.99 Å². The van der Waals surface area contributed by atoms with Crippen LogP contribution in [0.25, 0.3) is 0 Å². The molecule has 0 amide bonds. The van der Waals surface area contributed by atoms with E-state index in [1.807, 2.05) is 19.2 Å². The zero-order valence-corrected chi connectivity index (χ0v) is 13.8. The van der Waals surface area contributed by atoms with Gasteiger partial charge in [-0.05, 0) is 6.07 Å². The van der Waals surface area contributed by atoms with E-state index in [2.05, 4.69) is 32.7 Å². The van der Waals surface area contributed by atoms with Crippen LogP contribution in [0.4, 0.5) is 0 Å². The number of hydrogen-bond acceptors (Lipinski definition) is 4. The molecular formula is C17H26N4O2. The highest BCUT2D eigenvalue weighted by atomic mass is 16.5. The number of nitrogens with zero attached hydrogens (tertiary/aromatic N) is 2. The molecule has 1 atom stereocenters. The normalized spacial score (nSPS) is 21.6. The number of fused-ring (bicyclic) bond motifs is 1. The van der Waals surface area contributed by atoms with Crippen LogP contribution in [0.2, 0.25) is 0 Å². The molecule has 0 aromatic heterocycles. The molecule has 6 nitrogen and oxygen atoms in total. The molecule has 2 aliphatic heterocycles. The lowest BCUT2D eigenvalue weighted by Crippen LogP contribution is -2.45. The summed E-state index contributed by atoms with van der Waals surface area (Å²) in [6.07, 6.45) is 0. The van der Waals surface area contributed by atoms with Gasteiger partial charge in [0.2, 0.25) is 0 Å². The number of nitrogens with one attached hydrogen (secondary N) is 2. The maximum Gasteiger partial charge on any atom is 0.191 e. The molecule has 1 unspecified atom stereocenters. The first-order valence-electron chi connectivity index (χ1n) is 8.33. The third kappa shape index (κ3) is 4.36. The minimum atomic E-state index is 0.379. The second-order valence-electron chi connectivity index (χ2n) is 5.88. The van der Waals surface area contributed by atoms with Crippen molar-refractivity contribution in [2.45, 2.75) is 5.92 Å². The summed E-state index contributed by atoms with van der Waals surface area (Å²) in [7, 11) is 1.81. The van der Waals surface area contributed by atoms with E-state index in [1.54, 1.807) is 0 Å². The summed E-state index contributed by atoms with van der Waals surface area (Å²) in [6, 6.07) is 8.25. The zero-order chi connectivity index (χ0) is 15.9. The average Bonchev–Trinajstić information content (AvgIpc) is 3.02. The van der Waals surface area contributed by atoms with Crippen molar-refractivity contribution >= 4 is 5.96 Å². The molecule has 23 heavy (non-hydrogen) atoms. The summed E-state index contributed by atoms with van der Waals surface area (Å²) in [6.45, 7) is 7.18. The van der Waals surface area contributed by atoms with Crippen molar-refractivity contribution in [3.63, 3.8) is 0 Å². The number of ether oxygens (including phenoxy) is 2. The predicted octanol–water partition coefficient (Wildman–Crippen LogP) is 0.660. The summed E-state index contributed by atoms with van der Waals surface area (Å²) in [5.41, 5.74) is 1.28. The Bertz CT molecular complexity index is 529. The van der Waals surface area contributed by atoms with Gasteiger partial charge < -0.3 is 20.1 Å². The fourth-order valence-corrected chi connectivity index (χ4v) is 3.00. The molecule has 0 aliphatic carbocycles. The van der Waals surface area contributed by atoms with Crippen molar-refractivity contribution < 1.29 is 9.47 Å². The average molecular weight is 318 g/mol. The molecular weight excluding hydrogens is 292 g/mol. The standard InChI is InChI=1S/C17H26N4O2/c1-18-17(19-6-7-21-8-10-22-11-9-21)20-12-14-13-23-16-5-3-2-4-15(14)16/h2-5,14H,6-13H2,1H3,(H2,18,19,20). The van der Waals surface area contributed by atoms with Gasteiger partial charge in [-0.25, -0.2) is 0 Å². The maximum atomic E-state index is 5.72. The summed E-state index contributed by atoms with van der Waals surface area (Å²) in [4.78, 5) is 6.71. The Morgan fingerprint density at radius 3 is 2.91 bits per heavy atom. The molecule has 2 aliphatic rings. The summed E-state index contributed by atoms with van der Waals surface area (Å²) >= 11 is 0. The highest BCUT2D eigenvalue weighted by Gasteiger charge is 2.23. The Kier molecular flexibility index (Phi) is 5.71. The van der Waals surface area contributed by atoms with Gasteiger partial charge in [0.25, 0.3) is 0 Å². The van der Waals surface area contributed by atoms with Crippen molar-refractivity contribution in [3.8, 4) is 5.75 Å². The second kappa shape index (κ2) is 8.17. The van der Waals surface area contributed by atoms with Gasteiger partial charge in [0.05, 0.1) is 19.8 Å². The Hall–Kier alpha value is -1.79. The number of hydrogen-bond donors (Lipinski definition) is 2. The third-order valence-electron chi connectivity index (χ3n) is 4.36. The molecule has 0 bridgehead atoms. The molecule has 0 spiro atoms. The maximum absolute atomic E-state index is 5.72. The van der Waals surface area contributed by atoms with Gasteiger partial charge in [-0.2, -0.15) is 0 Å². The fourth-order valence-electron chi connectivity index (χ4n) is 3.00. The lowest BCUT2D eigenvalue weighted by atomic mass is 10.0. The Balaban J connectivity index is 1.40. The Labute approximate surface area is 137 Å². The number of rotatable bonds is 5. The van der Waals surface area contributed by atoms with E-state index in [0.29, 0.717) is 5.92 Å². The molecule has 0 radical (unpaired) electrons. The van der Waals surface area contributed by atoms with Gasteiger partial charge >= 0.3 is 0 Å². The zero-order valence-electron chi connectivity index (χ0n) is 13.8. The van der Waals surface area contributed by atoms with Crippen LogP contribution in [0, 0.1) is 0 Å². The predicted molar refractivity (Wildman–Crippen MR) is 91.3 cm³/mol. The number of morpholine rings is 1. The van der Waals surface area contributed by atoms with E-state index >= 15 is 0 Å². The van der Waals surface area contributed by atoms with E-state index in [1.165, 1.54) is 5.56 Å². The van der Waals surface area contributed by atoms with Crippen molar-refractivity contribution in [3.05, 3.63) is 29.8 Å². The fraction of sp³-hybridized carbons (Fsp3) is 0.588. The molecule has 1 fully saturated rings. The van der Waals surface area contributed by atoms with Crippen molar-refractivity contribution in [2.75, 3.05) is 59.6 Å². The van der Waals surface area contributed by atoms with Gasteiger partial charge in [-0.1, -0.05) is 18.2 Å². The lowest BCUT2D eigenvalue weighted by Gasteiger charge is -2.26. The highest BCUT2D eigenvalue weighted by Crippen LogP contribution is 2.32. The molecule has 2 N–H and O–H groups in total. The van der Waals surface area contributed by atoms with Crippen molar-refractivity contribution in [1.82, 2.24) is 15.5 Å². The van der Waals surface area contributed by atoms with Gasteiger partial charge in [0.1, 0.15) is 5.75 Å². The topological polar surface area (TPSA) is 58.1 Å².